The van der Waals surface area contributed by atoms with E-state index in [9.17, 15) is 9.59 Å². The van der Waals surface area contributed by atoms with Gasteiger partial charge in [-0.15, -0.1) is 0 Å². The molecule has 0 aromatic heterocycles. The number of benzene rings is 1. The fraction of sp³-hybridized carbons (Fsp3) is 0.222. The second kappa shape index (κ2) is 6.84. The van der Waals surface area contributed by atoms with E-state index in [4.69, 9.17) is 11.6 Å². The van der Waals surface area contributed by atoms with Crippen LogP contribution in [0.4, 0.5) is 0 Å². The van der Waals surface area contributed by atoms with Gasteiger partial charge in [0.25, 0.3) is 0 Å². The topological polar surface area (TPSA) is 49.4 Å². The predicted octanol–water partition coefficient (Wildman–Crippen LogP) is 3.64. The number of amides is 1. The van der Waals surface area contributed by atoms with Crippen molar-refractivity contribution in [3.05, 3.63) is 70.9 Å². The summed E-state index contributed by atoms with van der Waals surface area (Å²) in [6, 6.07) is 5.44. The molecule has 1 N–H and O–H groups in total. The minimum atomic E-state index is -0.275. The number of hydrogen-bond acceptors (Lipinski definition) is 3. The first-order chi connectivity index (χ1) is 10.9. The Morgan fingerprint density at radius 3 is 2.57 bits per heavy atom. The minimum Gasteiger partial charge on any atom is -0.299 e. The maximum absolute atomic E-state index is 12.0. The Kier molecular flexibility index (Phi) is 5.06. The van der Waals surface area contributed by atoms with Gasteiger partial charge in [0, 0.05) is 29.6 Å². The van der Waals surface area contributed by atoms with Crippen LogP contribution in [-0.4, -0.2) is 16.7 Å². The second-order valence-electron chi connectivity index (χ2n) is 5.41. The molecule has 0 spiro atoms. The normalized spacial score (nSPS) is 19.1. The molecule has 0 aliphatic carbocycles. The zero-order chi connectivity index (χ0) is 17.1. The lowest BCUT2D eigenvalue weighted by molar-refractivity contribution is -0.132. The summed E-state index contributed by atoms with van der Waals surface area (Å²) in [4.78, 5) is 23.9. The van der Waals surface area contributed by atoms with Crippen molar-refractivity contribution in [1.29, 1.82) is 0 Å². The van der Waals surface area contributed by atoms with Gasteiger partial charge in [-0.2, -0.15) is 0 Å². The standard InChI is InChI=1S/C18H19ClN2O2/c1-5-13(18(23)6-2)16-10-17(21(20-16)12(4)22)14-8-7-11(3)9-15(14)19/h5-9,17,20H,1-2,10H2,3-4H3. The van der Waals surface area contributed by atoms with E-state index in [0.717, 1.165) is 11.1 Å². The van der Waals surface area contributed by atoms with Crippen molar-refractivity contribution in [3.63, 3.8) is 0 Å². The smallest absolute Gasteiger partial charge is 0.238 e. The number of nitrogens with one attached hydrogen (secondary N) is 1. The average molecular weight is 331 g/mol. The first-order valence-corrected chi connectivity index (χ1v) is 7.61. The van der Waals surface area contributed by atoms with E-state index in [2.05, 4.69) is 18.6 Å². The quantitative estimate of drug-likeness (QED) is 0.857. The van der Waals surface area contributed by atoms with E-state index < -0.39 is 0 Å². The Morgan fingerprint density at radius 1 is 1.35 bits per heavy atom. The van der Waals surface area contributed by atoms with Gasteiger partial charge in [-0.05, 0) is 30.2 Å². The van der Waals surface area contributed by atoms with E-state index >= 15 is 0 Å². The predicted molar refractivity (Wildman–Crippen MR) is 91.6 cm³/mol. The summed E-state index contributed by atoms with van der Waals surface area (Å²) < 4.78 is 0. The molecule has 1 aromatic rings. The van der Waals surface area contributed by atoms with Crippen LogP contribution in [0.1, 0.15) is 30.5 Å². The minimum absolute atomic E-state index is 0.156. The van der Waals surface area contributed by atoms with E-state index in [-0.39, 0.29) is 17.7 Å². The zero-order valence-electron chi connectivity index (χ0n) is 13.2. The number of halogens is 1. The van der Waals surface area contributed by atoms with E-state index in [1.54, 1.807) is 0 Å². The molecule has 1 atom stereocenters. The number of allylic oxidation sites excluding steroid dienone is 3. The Hall–Kier alpha value is -2.33. The lowest BCUT2D eigenvalue weighted by Gasteiger charge is -2.23. The maximum atomic E-state index is 12.0. The van der Waals surface area contributed by atoms with Crippen LogP contribution < -0.4 is 5.43 Å². The van der Waals surface area contributed by atoms with E-state index in [1.807, 2.05) is 25.1 Å². The number of aryl methyl sites for hydroxylation is 1. The summed E-state index contributed by atoms with van der Waals surface area (Å²) in [7, 11) is 0. The van der Waals surface area contributed by atoms with Crippen LogP contribution in [0.25, 0.3) is 0 Å². The molecular formula is C18H19ClN2O2. The van der Waals surface area contributed by atoms with Crippen LogP contribution in [0.3, 0.4) is 0 Å². The van der Waals surface area contributed by atoms with Gasteiger partial charge in [-0.1, -0.05) is 43.0 Å². The summed E-state index contributed by atoms with van der Waals surface area (Å²) >= 11 is 6.35. The summed E-state index contributed by atoms with van der Waals surface area (Å²) in [6.07, 6.45) is 3.17. The molecule has 1 heterocycles. The third-order valence-electron chi connectivity index (χ3n) is 3.80. The third-order valence-corrected chi connectivity index (χ3v) is 4.13. The molecule has 1 saturated heterocycles. The second-order valence-corrected chi connectivity index (χ2v) is 5.82. The van der Waals surface area contributed by atoms with Crippen molar-refractivity contribution in [2.75, 3.05) is 0 Å². The molecule has 23 heavy (non-hydrogen) atoms. The van der Waals surface area contributed by atoms with Gasteiger partial charge in [0.1, 0.15) is 0 Å². The summed E-state index contributed by atoms with van der Waals surface area (Å²) in [6.45, 7) is 10.6. The number of rotatable bonds is 4. The number of carbonyl (C=O) groups is 2. The lowest BCUT2D eigenvalue weighted by Crippen LogP contribution is -2.36. The Morgan fingerprint density at radius 2 is 2.04 bits per heavy atom. The first-order valence-electron chi connectivity index (χ1n) is 7.24. The fourth-order valence-electron chi connectivity index (χ4n) is 2.66. The number of carbonyl (C=O) groups excluding carboxylic acids is 2. The molecule has 5 heteroatoms. The maximum Gasteiger partial charge on any atom is 0.238 e. The molecule has 4 nitrogen and oxygen atoms in total. The van der Waals surface area contributed by atoms with Crippen molar-refractivity contribution >= 4 is 23.3 Å². The van der Waals surface area contributed by atoms with Gasteiger partial charge in [-0.25, -0.2) is 5.01 Å². The van der Waals surface area contributed by atoms with Crippen molar-refractivity contribution < 1.29 is 9.59 Å². The largest absolute Gasteiger partial charge is 0.299 e. The Balaban J connectivity index is 2.49. The van der Waals surface area contributed by atoms with Gasteiger partial charge in [-0.3, -0.25) is 15.0 Å². The third kappa shape index (κ3) is 3.37. The van der Waals surface area contributed by atoms with E-state index in [0.29, 0.717) is 22.7 Å². The van der Waals surface area contributed by atoms with Crippen LogP contribution in [0.5, 0.6) is 0 Å². The number of hydrogen-bond donors (Lipinski definition) is 1. The lowest BCUT2D eigenvalue weighted by atomic mass is 9.99. The monoisotopic (exact) mass is 330 g/mol. The highest BCUT2D eigenvalue weighted by atomic mass is 35.5. The number of ketones is 1. The summed E-state index contributed by atoms with van der Waals surface area (Å²) in [5, 5.41) is 2.09. The summed E-state index contributed by atoms with van der Waals surface area (Å²) in [5.41, 5.74) is 5.95. The van der Waals surface area contributed by atoms with E-state index in [1.165, 1.54) is 24.1 Å². The molecular weight excluding hydrogens is 312 g/mol. The molecule has 1 aliphatic rings. The van der Waals surface area contributed by atoms with Crippen LogP contribution in [0, 0.1) is 6.92 Å². The molecule has 1 unspecified atom stereocenters. The van der Waals surface area contributed by atoms with Gasteiger partial charge >= 0.3 is 0 Å². The number of hydrazine groups is 1. The zero-order valence-corrected chi connectivity index (χ0v) is 14.0. The van der Waals surface area contributed by atoms with Crippen LogP contribution in [0.2, 0.25) is 5.02 Å². The average Bonchev–Trinajstić information content (AvgIpc) is 2.92. The van der Waals surface area contributed by atoms with Crippen LogP contribution in [-0.2, 0) is 9.59 Å². The van der Waals surface area contributed by atoms with Gasteiger partial charge in [0.05, 0.1) is 6.04 Å². The van der Waals surface area contributed by atoms with Crippen molar-refractivity contribution in [1.82, 2.24) is 10.4 Å². The highest BCUT2D eigenvalue weighted by molar-refractivity contribution is 6.31. The van der Waals surface area contributed by atoms with Gasteiger partial charge in [0.15, 0.2) is 5.78 Å². The Bertz CT molecular complexity index is 722. The van der Waals surface area contributed by atoms with Crippen LogP contribution >= 0.6 is 11.6 Å². The molecule has 1 fully saturated rings. The Labute approximate surface area is 141 Å². The highest BCUT2D eigenvalue weighted by Gasteiger charge is 2.34. The fourth-order valence-corrected chi connectivity index (χ4v) is 3.02. The SMILES string of the molecule is C=CC(=O)C(C=C)=C1CC(c2ccc(C)cc2Cl)N(C(C)=O)N1. The molecule has 0 saturated carbocycles. The molecule has 0 radical (unpaired) electrons. The molecule has 1 aliphatic heterocycles. The number of nitrogens with zero attached hydrogens (tertiary/aromatic N) is 1. The molecule has 2 rings (SSSR count). The molecule has 1 amide bonds. The van der Waals surface area contributed by atoms with Crippen molar-refractivity contribution in [2.45, 2.75) is 26.3 Å². The van der Waals surface area contributed by atoms with Gasteiger partial charge in [0.2, 0.25) is 5.91 Å². The van der Waals surface area contributed by atoms with Crippen molar-refractivity contribution in [2.24, 2.45) is 0 Å². The van der Waals surface area contributed by atoms with Gasteiger partial charge < -0.3 is 0 Å². The molecule has 120 valence electrons. The molecule has 1 aromatic carbocycles. The first kappa shape index (κ1) is 17.0. The summed E-state index contributed by atoms with van der Waals surface area (Å²) in [5.74, 6) is -0.391. The molecule has 0 bridgehead atoms. The highest BCUT2D eigenvalue weighted by Crippen LogP contribution is 2.37. The van der Waals surface area contributed by atoms with Crippen LogP contribution in [0.15, 0.2) is 54.8 Å². The van der Waals surface area contributed by atoms with Crippen molar-refractivity contribution in [3.8, 4) is 0 Å².